The summed E-state index contributed by atoms with van der Waals surface area (Å²) in [5, 5.41) is 4.99. The zero-order valence-corrected chi connectivity index (χ0v) is 13.1. The molecule has 0 aliphatic heterocycles. The maximum absolute atomic E-state index is 12.1. The quantitative estimate of drug-likeness (QED) is 0.813. The molecule has 0 aliphatic rings. The lowest BCUT2D eigenvalue weighted by molar-refractivity contribution is -0.689. The minimum Gasteiger partial charge on any atom is -0.497 e. The number of carbonyl (C=O) groups is 1. The smallest absolute Gasteiger partial charge is 0.278 e. The second-order valence-corrected chi connectivity index (χ2v) is 5.28. The molecule has 1 atom stereocenters. The van der Waals surface area contributed by atoms with Crippen molar-refractivity contribution in [2.24, 2.45) is 0 Å². The van der Waals surface area contributed by atoms with Crippen LogP contribution in [0.5, 0.6) is 5.75 Å². The van der Waals surface area contributed by atoms with Crippen LogP contribution in [0, 0.1) is 0 Å². The lowest BCUT2D eigenvalue weighted by Gasteiger charge is -2.11. The van der Waals surface area contributed by atoms with Crippen LogP contribution < -0.4 is 15.4 Å². The van der Waals surface area contributed by atoms with Crippen molar-refractivity contribution in [1.29, 1.82) is 0 Å². The molecular formula is C18H23N2O2+. The van der Waals surface area contributed by atoms with Gasteiger partial charge in [-0.2, -0.15) is 0 Å². The third-order valence-electron chi connectivity index (χ3n) is 3.59. The maximum Gasteiger partial charge on any atom is 0.278 e. The molecule has 4 heteroatoms. The van der Waals surface area contributed by atoms with E-state index in [-0.39, 0.29) is 11.9 Å². The zero-order chi connectivity index (χ0) is 15.8. The number of carbonyl (C=O) groups excluding carboxylic acids is 1. The number of nitrogens with one attached hydrogen (secondary N) is 1. The van der Waals surface area contributed by atoms with Crippen molar-refractivity contribution in [1.82, 2.24) is 5.32 Å². The minimum absolute atomic E-state index is 0.0531. The Morgan fingerprint density at radius 1 is 1.09 bits per heavy atom. The van der Waals surface area contributed by atoms with E-state index < -0.39 is 0 Å². The number of rotatable bonds is 7. The van der Waals surface area contributed by atoms with E-state index in [1.165, 1.54) is 5.56 Å². The van der Waals surface area contributed by atoms with E-state index >= 15 is 0 Å². The van der Waals surface area contributed by atoms with Gasteiger partial charge in [-0.1, -0.05) is 30.3 Å². The van der Waals surface area contributed by atoms with Crippen LogP contribution in [0.4, 0.5) is 0 Å². The molecule has 0 spiro atoms. The van der Waals surface area contributed by atoms with Gasteiger partial charge in [0.05, 0.1) is 7.11 Å². The highest BCUT2D eigenvalue weighted by atomic mass is 16.5. The van der Waals surface area contributed by atoms with Gasteiger partial charge in [-0.05, 0) is 36.8 Å². The molecular weight excluding hydrogens is 276 g/mol. The molecule has 2 rings (SSSR count). The van der Waals surface area contributed by atoms with Gasteiger partial charge in [0, 0.05) is 12.1 Å². The van der Waals surface area contributed by atoms with Crippen molar-refractivity contribution in [3.8, 4) is 5.75 Å². The highest BCUT2D eigenvalue weighted by Crippen LogP contribution is 2.10. The predicted molar refractivity (Wildman–Crippen MR) is 86.4 cm³/mol. The molecule has 0 saturated heterocycles. The predicted octanol–water partition coefficient (Wildman–Crippen LogP) is 1.46. The first-order valence-electron chi connectivity index (χ1n) is 7.47. The molecule has 0 heterocycles. The summed E-state index contributed by atoms with van der Waals surface area (Å²) in [6, 6.07) is 17.7. The highest BCUT2D eigenvalue weighted by Gasteiger charge is 2.15. The first-order valence-corrected chi connectivity index (χ1v) is 7.47. The second kappa shape index (κ2) is 8.20. The Labute approximate surface area is 131 Å². The zero-order valence-electron chi connectivity index (χ0n) is 13.1. The largest absolute Gasteiger partial charge is 0.497 e. The van der Waals surface area contributed by atoms with Crippen molar-refractivity contribution in [3.05, 3.63) is 65.7 Å². The number of benzene rings is 2. The van der Waals surface area contributed by atoms with Crippen molar-refractivity contribution in [3.63, 3.8) is 0 Å². The lowest BCUT2D eigenvalue weighted by Crippen LogP contribution is -2.90. The van der Waals surface area contributed by atoms with Crippen LogP contribution in [0.3, 0.4) is 0 Å². The number of amides is 1. The number of methoxy groups -OCH3 is 1. The Balaban J connectivity index is 1.76. The third-order valence-corrected chi connectivity index (χ3v) is 3.59. The Bertz CT molecular complexity index is 582. The van der Waals surface area contributed by atoms with Gasteiger partial charge >= 0.3 is 0 Å². The lowest BCUT2D eigenvalue weighted by atomic mass is 10.2. The molecule has 2 aromatic rings. The third kappa shape index (κ3) is 4.90. The van der Waals surface area contributed by atoms with Crippen LogP contribution in [0.2, 0.25) is 0 Å². The summed E-state index contributed by atoms with van der Waals surface area (Å²) in [6.45, 7) is 3.26. The molecule has 3 N–H and O–H groups in total. The van der Waals surface area contributed by atoms with Gasteiger partial charge in [0.25, 0.3) is 5.91 Å². The molecule has 1 amide bonds. The summed E-state index contributed by atoms with van der Waals surface area (Å²) < 4.78 is 5.13. The van der Waals surface area contributed by atoms with Crippen LogP contribution in [0.15, 0.2) is 54.6 Å². The van der Waals surface area contributed by atoms with Crippen LogP contribution >= 0.6 is 0 Å². The summed E-state index contributed by atoms with van der Waals surface area (Å²) in [4.78, 5) is 12.1. The molecule has 0 aliphatic carbocycles. The number of hydrogen-bond donors (Lipinski definition) is 2. The van der Waals surface area contributed by atoms with Crippen molar-refractivity contribution in [2.75, 3.05) is 7.11 Å². The van der Waals surface area contributed by atoms with Crippen LogP contribution in [-0.4, -0.2) is 19.1 Å². The summed E-state index contributed by atoms with van der Waals surface area (Å²) in [7, 11) is 1.65. The molecule has 0 radical (unpaired) electrons. The summed E-state index contributed by atoms with van der Waals surface area (Å²) in [6.07, 6.45) is 0. The van der Waals surface area contributed by atoms with Gasteiger partial charge in [-0.15, -0.1) is 0 Å². The highest BCUT2D eigenvalue weighted by molar-refractivity contribution is 5.79. The molecule has 2 aromatic carbocycles. The molecule has 0 unspecified atom stereocenters. The van der Waals surface area contributed by atoms with E-state index in [0.717, 1.165) is 17.9 Å². The second-order valence-electron chi connectivity index (χ2n) is 5.28. The number of nitrogens with two attached hydrogens (primary N) is 1. The molecule has 0 saturated carbocycles. The van der Waals surface area contributed by atoms with Crippen molar-refractivity contribution in [2.45, 2.75) is 26.1 Å². The van der Waals surface area contributed by atoms with Gasteiger partial charge in [-0.25, -0.2) is 0 Å². The van der Waals surface area contributed by atoms with Gasteiger partial charge in [0.15, 0.2) is 6.04 Å². The summed E-state index contributed by atoms with van der Waals surface area (Å²) in [5.41, 5.74) is 2.28. The fourth-order valence-corrected chi connectivity index (χ4v) is 2.13. The first-order chi connectivity index (χ1) is 10.7. The van der Waals surface area contributed by atoms with Gasteiger partial charge in [-0.3, -0.25) is 4.79 Å². The first kappa shape index (κ1) is 16.0. The molecule has 0 fully saturated rings. The normalized spacial score (nSPS) is 11.7. The van der Waals surface area contributed by atoms with Crippen molar-refractivity contribution < 1.29 is 14.8 Å². The number of ether oxygens (including phenoxy) is 1. The van der Waals surface area contributed by atoms with E-state index in [1.54, 1.807) is 7.11 Å². The van der Waals surface area contributed by atoms with E-state index in [4.69, 9.17) is 4.74 Å². The molecule has 0 bridgehead atoms. The Kier molecular flexibility index (Phi) is 5.98. The van der Waals surface area contributed by atoms with Gasteiger partial charge < -0.3 is 15.4 Å². The minimum atomic E-state index is -0.120. The van der Waals surface area contributed by atoms with E-state index in [0.29, 0.717) is 6.54 Å². The number of hydrogen-bond acceptors (Lipinski definition) is 2. The van der Waals surface area contributed by atoms with Crippen LogP contribution in [0.25, 0.3) is 0 Å². The average molecular weight is 299 g/mol. The van der Waals surface area contributed by atoms with E-state index in [2.05, 4.69) is 5.32 Å². The van der Waals surface area contributed by atoms with E-state index in [9.17, 15) is 4.79 Å². The van der Waals surface area contributed by atoms with Crippen LogP contribution in [-0.2, 0) is 17.9 Å². The van der Waals surface area contributed by atoms with Crippen molar-refractivity contribution >= 4 is 5.91 Å². The van der Waals surface area contributed by atoms with E-state index in [1.807, 2.05) is 66.8 Å². The van der Waals surface area contributed by atoms with Gasteiger partial charge in [0.1, 0.15) is 12.3 Å². The fraction of sp³-hybridized carbons (Fsp3) is 0.278. The number of quaternary nitrogens is 1. The van der Waals surface area contributed by atoms with Gasteiger partial charge in [0.2, 0.25) is 0 Å². The topological polar surface area (TPSA) is 54.9 Å². The average Bonchev–Trinajstić information content (AvgIpc) is 2.58. The Morgan fingerprint density at radius 2 is 1.77 bits per heavy atom. The fourth-order valence-electron chi connectivity index (χ4n) is 2.13. The summed E-state index contributed by atoms with van der Waals surface area (Å²) in [5.74, 6) is 0.898. The standard InChI is InChI=1S/C18H22N2O2/c1-14(18(21)20-13-15-6-4-3-5-7-15)19-12-16-8-10-17(22-2)11-9-16/h3-11,14,19H,12-13H2,1-2H3,(H,20,21)/p+1/t14-/m1/s1. The molecule has 4 nitrogen and oxygen atoms in total. The Hall–Kier alpha value is -2.33. The molecule has 116 valence electrons. The Morgan fingerprint density at radius 3 is 2.41 bits per heavy atom. The SMILES string of the molecule is COc1ccc(C[NH2+][C@H](C)C(=O)NCc2ccccc2)cc1. The van der Waals surface area contributed by atoms with Crippen LogP contribution in [0.1, 0.15) is 18.1 Å². The monoisotopic (exact) mass is 299 g/mol. The molecule has 0 aromatic heterocycles. The maximum atomic E-state index is 12.1. The molecule has 22 heavy (non-hydrogen) atoms. The summed E-state index contributed by atoms with van der Waals surface area (Å²) >= 11 is 0.